The van der Waals surface area contributed by atoms with Crippen LogP contribution in [-0.2, 0) is 16.0 Å². The molecule has 1 aliphatic rings. The van der Waals surface area contributed by atoms with Crippen molar-refractivity contribution >= 4 is 11.9 Å². The summed E-state index contributed by atoms with van der Waals surface area (Å²) in [5.74, 6) is -0.167. The van der Waals surface area contributed by atoms with Gasteiger partial charge in [0.15, 0.2) is 11.5 Å². The number of amides is 1. The molecular weight excluding hydrogens is 276 g/mol. The van der Waals surface area contributed by atoms with Gasteiger partial charge in [0.1, 0.15) is 0 Å². The van der Waals surface area contributed by atoms with Gasteiger partial charge >= 0.3 is 5.97 Å². The maximum atomic E-state index is 11.7. The first-order valence-electron chi connectivity index (χ1n) is 6.62. The molecule has 0 saturated heterocycles. The minimum absolute atomic E-state index is 0.169. The Kier molecular flexibility index (Phi) is 4.64. The predicted octanol–water partition coefficient (Wildman–Crippen LogP) is 0.265. The van der Waals surface area contributed by atoms with Gasteiger partial charge < -0.3 is 25.6 Å². The molecule has 1 aliphatic heterocycles. The van der Waals surface area contributed by atoms with E-state index in [-0.39, 0.29) is 19.3 Å². The number of carboxylic acids is 1. The zero-order valence-corrected chi connectivity index (χ0v) is 11.7. The highest BCUT2D eigenvalue weighted by molar-refractivity contribution is 5.86. The van der Waals surface area contributed by atoms with Crippen molar-refractivity contribution in [2.75, 3.05) is 6.79 Å². The maximum Gasteiger partial charge on any atom is 0.305 e. The van der Waals surface area contributed by atoms with E-state index in [0.717, 1.165) is 5.56 Å². The number of fused-ring (bicyclic) bond motifs is 1. The first kappa shape index (κ1) is 15.1. The summed E-state index contributed by atoms with van der Waals surface area (Å²) in [5.41, 5.74) is 6.49. The summed E-state index contributed by atoms with van der Waals surface area (Å²) >= 11 is 0. The third kappa shape index (κ3) is 4.09. The summed E-state index contributed by atoms with van der Waals surface area (Å²) in [6.45, 7) is 2.05. The average molecular weight is 294 g/mol. The number of hydrogen-bond acceptors (Lipinski definition) is 5. The van der Waals surface area contributed by atoms with Gasteiger partial charge in [-0.25, -0.2) is 0 Å². The van der Waals surface area contributed by atoms with Crippen molar-refractivity contribution < 1.29 is 24.2 Å². The van der Waals surface area contributed by atoms with E-state index in [1.54, 1.807) is 0 Å². The number of aliphatic carboxylic acids is 1. The van der Waals surface area contributed by atoms with Crippen molar-refractivity contribution in [1.82, 2.24) is 5.32 Å². The molecule has 21 heavy (non-hydrogen) atoms. The number of hydrogen-bond donors (Lipinski definition) is 3. The molecule has 114 valence electrons. The smallest absolute Gasteiger partial charge is 0.305 e. The molecule has 0 aromatic heterocycles. The number of rotatable bonds is 6. The van der Waals surface area contributed by atoms with Crippen molar-refractivity contribution in [3.63, 3.8) is 0 Å². The lowest BCUT2D eigenvalue weighted by Gasteiger charge is -2.17. The van der Waals surface area contributed by atoms with Crippen LogP contribution in [0.15, 0.2) is 18.2 Å². The second-order valence-electron chi connectivity index (χ2n) is 5.01. The Labute approximate surface area is 122 Å². The van der Waals surface area contributed by atoms with E-state index in [0.29, 0.717) is 17.9 Å². The Morgan fingerprint density at radius 2 is 2.10 bits per heavy atom. The number of nitrogens with two attached hydrogens (primary N) is 1. The molecule has 0 bridgehead atoms. The van der Waals surface area contributed by atoms with Gasteiger partial charge in [0.05, 0.1) is 12.5 Å². The topological polar surface area (TPSA) is 111 Å². The fourth-order valence-electron chi connectivity index (χ4n) is 2.10. The van der Waals surface area contributed by atoms with Crippen molar-refractivity contribution in [2.45, 2.75) is 31.8 Å². The molecule has 4 N–H and O–H groups in total. The highest BCUT2D eigenvalue weighted by atomic mass is 16.7. The number of carbonyl (C=O) groups is 2. The third-order valence-electron chi connectivity index (χ3n) is 3.10. The molecule has 2 rings (SSSR count). The fourth-order valence-corrected chi connectivity index (χ4v) is 2.10. The van der Waals surface area contributed by atoms with E-state index in [2.05, 4.69) is 5.32 Å². The van der Waals surface area contributed by atoms with Gasteiger partial charge in [-0.3, -0.25) is 9.59 Å². The van der Waals surface area contributed by atoms with Crippen LogP contribution in [0.2, 0.25) is 0 Å². The number of carbonyl (C=O) groups excluding carboxylic acids is 1. The normalized spacial score (nSPS) is 15.3. The minimum Gasteiger partial charge on any atom is -0.481 e. The van der Waals surface area contributed by atoms with Crippen molar-refractivity contribution in [3.05, 3.63) is 23.8 Å². The molecule has 1 aromatic carbocycles. The van der Waals surface area contributed by atoms with Crippen LogP contribution < -0.4 is 20.5 Å². The Morgan fingerprint density at radius 1 is 1.38 bits per heavy atom. The monoisotopic (exact) mass is 294 g/mol. The van der Waals surface area contributed by atoms with Gasteiger partial charge in [-0.05, 0) is 31.0 Å². The summed E-state index contributed by atoms with van der Waals surface area (Å²) in [5, 5.41) is 11.3. The predicted molar refractivity (Wildman–Crippen MR) is 74.1 cm³/mol. The maximum absolute atomic E-state index is 11.7. The molecule has 7 nitrogen and oxygen atoms in total. The fraction of sp³-hybridized carbons (Fsp3) is 0.429. The van der Waals surface area contributed by atoms with E-state index < -0.39 is 17.9 Å². The number of carboxylic acid groups (broad SMARTS) is 1. The van der Waals surface area contributed by atoms with Gasteiger partial charge in [-0.15, -0.1) is 0 Å². The standard InChI is InChI=1S/C14H18N2O5/c1-8(16-14(19)10(15)6-13(17)18)4-9-2-3-11-12(5-9)21-7-20-11/h2-3,5,8,10H,4,6-7,15H2,1H3,(H,16,19)(H,17,18)/t8-,10-/m0/s1. The molecule has 0 fully saturated rings. The average Bonchev–Trinajstić information content (AvgIpc) is 2.84. The second kappa shape index (κ2) is 6.45. The van der Waals surface area contributed by atoms with Crippen LogP contribution in [0.3, 0.4) is 0 Å². The van der Waals surface area contributed by atoms with E-state index in [4.69, 9.17) is 20.3 Å². The number of nitrogens with one attached hydrogen (secondary N) is 1. The van der Waals surface area contributed by atoms with Gasteiger partial charge in [0.25, 0.3) is 0 Å². The SMILES string of the molecule is C[C@@H](Cc1ccc2c(c1)OCO2)NC(=O)[C@@H](N)CC(=O)O. The van der Waals surface area contributed by atoms with Gasteiger partial charge in [0.2, 0.25) is 12.7 Å². The van der Waals surface area contributed by atoms with Crippen LogP contribution in [0.1, 0.15) is 18.9 Å². The zero-order valence-electron chi connectivity index (χ0n) is 11.7. The summed E-state index contributed by atoms with van der Waals surface area (Å²) in [7, 11) is 0. The highest BCUT2D eigenvalue weighted by Crippen LogP contribution is 2.32. The van der Waals surface area contributed by atoms with Gasteiger partial charge in [0, 0.05) is 6.04 Å². The van der Waals surface area contributed by atoms with Crippen LogP contribution in [0.4, 0.5) is 0 Å². The van der Waals surface area contributed by atoms with Crippen molar-refractivity contribution in [1.29, 1.82) is 0 Å². The van der Waals surface area contributed by atoms with Crippen molar-refractivity contribution in [2.24, 2.45) is 5.73 Å². The highest BCUT2D eigenvalue weighted by Gasteiger charge is 2.19. The summed E-state index contributed by atoms with van der Waals surface area (Å²) in [4.78, 5) is 22.2. The Bertz CT molecular complexity index is 546. The molecular formula is C14H18N2O5. The van der Waals surface area contributed by atoms with Crippen LogP contribution in [0, 0.1) is 0 Å². The quantitative estimate of drug-likeness (QED) is 0.694. The molecule has 1 heterocycles. The van der Waals surface area contributed by atoms with Crippen molar-refractivity contribution in [3.8, 4) is 11.5 Å². The zero-order chi connectivity index (χ0) is 15.4. The molecule has 0 unspecified atom stereocenters. The van der Waals surface area contributed by atoms with Crippen LogP contribution in [0.25, 0.3) is 0 Å². The first-order chi connectivity index (χ1) is 9.95. The minimum atomic E-state index is -1.10. The number of ether oxygens (including phenoxy) is 2. The second-order valence-corrected chi connectivity index (χ2v) is 5.01. The molecule has 0 spiro atoms. The van der Waals surface area contributed by atoms with E-state index in [1.807, 2.05) is 25.1 Å². The van der Waals surface area contributed by atoms with Crippen LogP contribution >= 0.6 is 0 Å². The lowest BCUT2D eigenvalue weighted by molar-refractivity contribution is -0.139. The third-order valence-corrected chi connectivity index (χ3v) is 3.10. The van der Waals surface area contributed by atoms with Gasteiger partial charge in [-0.1, -0.05) is 6.07 Å². The molecule has 7 heteroatoms. The molecule has 0 aliphatic carbocycles. The summed E-state index contributed by atoms with van der Waals surface area (Å²) < 4.78 is 10.5. The van der Waals surface area contributed by atoms with Crippen LogP contribution in [-0.4, -0.2) is 35.9 Å². The Morgan fingerprint density at radius 3 is 2.81 bits per heavy atom. The first-order valence-corrected chi connectivity index (χ1v) is 6.62. The molecule has 2 atom stereocenters. The Balaban J connectivity index is 1.88. The molecule has 1 amide bonds. The molecule has 0 radical (unpaired) electrons. The molecule has 0 saturated carbocycles. The lowest BCUT2D eigenvalue weighted by Crippen LogP contribution is -2.46. The van der Waals surface area contributed by atoms with E-state index in [1.165, 1.54) is 0 Å². The Hall–Kier alpha value is -2.28. The number of benzene rings is 1. The molecule has 1 aromatic rings. The summed E-state index contributed by atoms with van der Waals surface area (Å²) in [6, 6.07) is 4.37. The lowest BCUT2D eigenvalue weighted by atomic mass is 10.1. The largest absolute Gasteiger partial charge is 0.481 e. The van der Waals surface area contributed by atoms with E-state index >= 15 is 0 Å². The van der Waals surface area contributed by atoms with Gasteiger partial charge in [-0.2, -0.15) is 0 Å². The summed E-state index contributed by atoms with van der Waals surface area (Å²) in [6.07, 6.45) is 0.199. The van der Waals surface area contributed by atoms with Crippen LogP contribution in [0.5, 0.6) is 11.5 Å². The van der Waals surface area contributed by atoms with E-state index in [9.17, 15) is 9.59 Å².